The molecule has 4 rings (SSSR count). The highest BCUT2D eigenvalue weighted by molar-refractivity contribution is 6.22. The van der Waals surface area contributed by atoms with Crippen LogP contribution in [0, 0.1) is 0 Å². The van der Waals surface area contributed by atoms with Gasteiger partial charge in [-0.15, -0.1) is 0 Å². The Morgan fingerprint density at radius 2 is 0.913 bits per heavy atom. The predicted octanol–water partition coefficient (Wildman–Crippen LogP) is 4.99. The first-order valence-corrected chi connectivity index (χ1v) is 8.28. The third kappa shape index (κ3) is 2.79. The molecule has 0 aliphatic rings. The van der Waals surface area contributed by atoms with Crippen LogP contribution in [0.3, 0.4) is 0 Å². The first kappa shape index (κ1) is 13.9. The van der Waals surface area contributed by atoms with Gasteiger partial charge in [-0.05, 0) is 22.9 Å². The molecule has 3 heteroatoms. The minimum Gasteiger partial charge on any atom is -0.507 e. The molecule has 0 saturated carbocycles. The van der Waals surface area contributed by atoms with Crippen LogP contribution in [0.4, 0.5) is 0 Å². The fourth-order valence-electron chi connectivity index (χ4n) is 2.68. The summed E-state index contributed by atoms with van der Waals surface area (Å²) in [6.45, 7) is 0. The monoisotopic (exact) mass is 314 g/mol. The van der Waals surface area contributed by atoms with E-state index in [9.17, 15) is 0 Å². The SMILES string of the molecule is c1ccc2c(O[Si]Oc3cccc4ccccc34)cccc2c1. The van der Waals surface area contributed by atoms with Crippen LogP contribution in [0.5, 0.6) is 11.5 Å². The van der Waals surface area contributed by atoms with Crippen LogP contribution in [0.15, 0.2) is 84.9 Å². The van der Waals surface area contributed by atoms with Crippen molar-refractivity contribution in [2.24, 2.45) is 0 Å². The standard InChI is InChI=1S/C20H14O2Si/c1-3-11-17-15(7-1)9-5-13-19(17)21-23-22-20-14-6-10-16-8-2-4-12-18(16)20/h1-14H. The third-order valence-electron chi connectivity index (χ3n) is 3.80. The van der Waals surface area contributed by atoms with Crippen LogP contribution in [-0.2, 0) is 0 Å². The van der Waals surface area contributed by atoms with Crippen molar-refractivity contribution in [1.29, 1.82) is 0 Å². The number of fused-ring (bicyclic) bond motifs is 2. The van der Waals surface area contributed by atoms with E-state index < -0.39 is 0 Å². The highest BCUT2D eigenvalue weighted by Gasteiger charge is 2.07. The highest BCUT2D eigenvalue weighted by atomic mass is 28.3. The van der Waals surface area contributed by atoms with Crippen molar-refractivity contribution in [1.82, 2.24) is 0 Å². The molecule has 0 heterocycles. The van der Waals surface area contributed by atoms with Gasteiger partial charge in [-0.25, -0.2) is 0 Å². The summed E-state index contributed by atoms with van der Waals surface area (Å²) in [7, 11) is -0.0863. The van der Waals surface area contributed by atoms with Gasteiger partial charge in [-0.2, -0.15) is 0 Å². The van der Waals surface area contributed by atoms with Gasteiger partial charge in [0.1, 0.15) is 11.5 Å². The maximum atomic E-state index is 5.88. The van der Waals surface area contributed by atoms with Crippen LogP contribution >= 0.6 is 0 Å². The fourth-order valence-corrected chi connectivity index (χ4v) is 3.26. The van der Waals surface area contributed by atoms with Crippen LogP contribution in [-0.4, -0.2) is 10.0 Å². The zero-order valence-corrected chi connectivity index (χ0v) is 13.4. The first-order valence-electron chi connectivity index (χ1n) is 7.46. The molecule has 0 aromatic heterocycles. The minimum atomic E-state index is -0.0863. The number of benzene rings is 4. The topological polar surface area (TPSA) is 18.5 Å². The molecule has 0 amide bonds. The lowest BCUT2D eigenvalue weighted by Crippen LogP contribution is -2.11. The van der Waals surface area contributed by atoms with Crippen molar-refractivity contribution in [3.8, 4) is 11.5 Å². The predicted molar refractivity (Wildman–Crippen MR) is 94.9 cm³/mol. The Labute approximate surface area is 137 Å². The third-order valence-corrected chi connectivity index (χ3v) is 4.41. The summed E-state index contributed by atoms with van der Waals surface area (Å²) < 4.78 is 11.8. The second kappa shape index (κ2) is 6.14. The Balaban J connectivity index is 1.55. The normalized spacial score (nSPS) is 10.8. The van der Waals surface area contributed by atoms with Crippen molar-refractivity contribution in [3.05, 3.63) is 84.9 Å². The second-order valence-corrected chi connectivity index (χ2v) is 5.82. The van der Waals surface area contributed by atoms with Gasteiger partial charge < -0.3 is 8.85 Å². The summed E-state index contributed by atoms with van der Waals surface area (Å²) in [4.78, 5) is 0. The largest absolute Gasteiger partial charge is 0.610 e. The van der Waals surface area contributed by atoms with E-state index in [1.165, 1.54) is 10.8 Å². The van der Waals surface area contributed by atoms with Gasteiger partial charge in [0.25, 0.3) is 0 Å². The van der Waals surface area contributed by atoms with E-state index in [0.29, 0.717) is 0 Å². The summed E-state index contributed by atoms with van der Waals surface area (Å²) in [6, 6.07) is 28.5. The molecule has 0 bridgehead atoms. The summed E-state index contributed by atoms with van der Waals surface area (Å²) in [6.07, 6.45) is 0. The molecular weight excluding hydrogens is 300 g/mol. The molecule has 23 heavy (non-hydrogen) atoms. The fraction of sp³-hybridized carbons (Fsp3) is 0. The van der Waals surface area contributed by atoms with Crippen molar-refractivity contribution >= 4 is 31.6 Å². The van der Waals surface area contributed by atoms with Gasteiger partial charge >= 0.3 is 10.0 Å². The molecule has 4 aromatic rings. The molecule has 0 saturated heterocycles. The van der Waals surface area contributed by atoms with Crippen molar-refractivity contribution in [2.45, 2.75) is 0 Å². The molecular formula is C20H14O2Si. The molecule has 4 aromatic carbocycles. The van der Waals surface area contributed by atoms with E-state index in [4.69, 9.17) is 8.85 Å². The molecule has 0 aliphatic carbocycles. The van der Waals surface area contributed by atoms with Crippen LogP contribution in [0.2, 0.25) is 0 Å². The molecule has 0 fully saturated rings. The van der Waals surface area contributed by atoms with E-state index in [0.717, 1.165) is 22.3 Å². The van der Waals surface area contributed by atoms with E-state index in [1.807, 2.05) is 48.5 Å². The van der Waals surface area contributed by atoms with Crippen molar-refractivity contribution in [3.63, 3.8) is 0 Å². The van der Waals surface area contributed by atoms with Crippen molar-refractivity contribution < 1.29 is 8.85 Å². The Morgan fingerprint density at radius 3 is 1.43 bits per heavy atom. The Bertz CT molecular complexity index is 876. The van der Waals surface area contributed by atoms with Crippen LogP contribution in [0.25, 0.3) is 21.5 Å². The number of hydrogen-bond donors (Lipinski definition) is 0. The van der Waals surface area contributed by atoms with Gasteiger partial charge in [0, 0.05) is 10.8 Å². The lowest BCUT2D eigenvalue weighted by atomic mass is 10.1. The van der Waals surface area contributed by atoms with E-state index in [1.54, 1.807) is 0 Å². The zero-order chi connectivity index (χ0) is 15.5. The Morgan fingerprint density at radius 1 is 0.478 bits per heavy atom. The van der Waals surface area contributed by atoms with Gasteiger partial charge in [0.05, 0.1) is 0 Å². The Hall–Kier alpha value is -2.78. The van der Waals surface area contributed by atoms with Crippen LogP contribution < -0.4 is 8.85 Å². The maximum Gasteiger partial charge on any atom is 0.610 e. The molecule has 0 atom stereocenters. The van der Waals surface area contributed by atoms with Crippen molar-refractivity contribution in [2.75, 3.05) is 0 Å². The highest BCUT2D eigenvalue weighted by Crippen LogP contribution is 2.27. The summed E-state index contributed by atoms with van der Waals surface area (Å²) >= 11 is 0. The smallest absolute Gasteiger partial charge is 0.507 e. The molecule has 110 valence electrons. The number of rotatable bonds is 4. The molecule has 0 aliphatic heterocycles. The minimum absolute atomic E-state index is 0.0863. The molecule has 2 radical (unpaired) electrons. The summed E-state index contributed by atoms with van der Waals surface area (Å²) in [5, 5.41) is 4.54. The second-order valence-electron chi connectivity index (χ2n) is 5.24. The van der Waals surface area contributed by atoms with E-state index in [-0.39, 0.29) is 10.0 Å². The maximum absolute atomic E-state index is 5.88. The zero-order valence-electron chi connectivity index (χ0n) is 12.4. The quantitative estimate of drug-likeness (QED) is 0.494. The summed E-state index contributed by atoms with van der Waals surface area (Å²) in [5.74, 6) is 1.70. The van der Waals surface area contributed by atoms with E-state index in [2.05, 4.69) is 36.4 Å². The van der Waals surface area contributed by atoms with Gasteiger partial charge in [-0.3, -0.25) is 0 Å². The molecule has 0 unspecified atom stereocenters. The lowest BCUT2D eigenvalue weighted by molar-refractivity contribution is 0.465. The average Bonchev–Trinajstić information content (AvgIpc) is 2.62. The molecule has 2 nitrogen and oxygen atoms in total. The first-order chi connectivity index (χ1) is 11.4. The summed E-state index contributed by atoms with van der Waals surface area (Å²) in [5.41, 5.74) is 0. The van der Waals surface area contributed by atoms with Gasteiger partial charge in [0.15, 0.2) is 0 Å². The van der Waals surface area contributed by atoms with Crippen LogP contribution in [0.1, 0.15) is 0 Å². The average molecular weight is 314 g/mol. The number of hydrogen-bond acceptors (Lipinski definition) is 2. The van der Waals surface area contributed by atoms with Gasteiger partial charge in [0.2, 0.25) is 0 Å². The molecule has 0 spiro atoms. The van der Waals surface area contributed by atoms with E-state index >= 15 is 0 Å². The molecule has 0 N–H and O–H groups in total. The lowest BCUT2D eigenvalue weighted by Gasteiger charge is -2.10. The van der Waals surface area contributed by atoms with Gasteiger partial charge in [-0.1, -0.05) is 72.8 Å². The Kier molecular flexibility index (Phi) is 3.70.